The molecule has 0 bridgehead atoms. The van der Waals surface area contributed by atoms with Crippen molar-refractivity contribution >= 4 is 23.1 Å². The summed E-state index contributed by atoms with van der Waals surface area (Å²) in [5, 5.41) is 11.5. The van der Waals surface area contributed by atoms with Crippen molar-refractivity contribution in [3.05, 3.63) is 54.0 Å². The second-order valence-electron chi connectivity index (χ2n) is 7.35. The summed E-state index contributed by atoms with van der Waals surface area (Å²) >= 11 is 0. The molecule has 0 aliphatic carbocycles. The molecule has 0 saturated carbocycles. The summed E-state index contributed by atoms with van der Waals surface area (Å²) in [6.45, 7) is 3.55. The largest absolute Gasteiger partial charge is 0.497 e. The lowest BCUT2D eigenvalue weighted by Crippen LogP contribution is -2.48. The number of rotatable bonds is 4. The number of likely N-dealkylation sites (N-methyl/N-ethyl adjacent to an activating group) is 1. The fourth-order valence-corrected chi connectivity index (χ4v) is 3.59. The minimum atomic E-state index is -0.232. The number of piperazine rings is 1. The molecule has 1 aliphatic heterocycles. The zero-order valence-electron chi connectivity index (χ0n) is 17.2. The van der Waals surface area contributed by atoms with Gasteiger partial charge in [-0.3, -0.25) is 18.9 Å². The molecule has 3 aromatic rings. The molecule has 30 heavy (non-hydrogen) atoms. The van der Waals surface area contributed by atoms with Gasteiger partial charge in [0.15, 0.2) is 11.5 Å². The zero-order chi connectivity index (χ0) is 21.3. The lowest BCUT2D eigenvalue weighted by Gasteiger charge is -2.38. The quantitative estimate of drug-likeness (QED) is 0.708. The molecule has 1 saturated heterocycles. The summed E-state index contributed by atoms with van der Waals surface area (Å²) in [7, 11) is 3.60. The second kappa shape index (κ2) is 8.11. The number of ether oxygens (including phenoxy) is 1. The number of benzene rings is 1. The van der Waals surface area contributed by atoms with Gasteiger partial charge in [-0.1, -0.05) is 0 Å². The molecular formula is C21H24N6O3. The maximum absolute atomic E-state index is 12.8. The predicted octanol–water partition coefficient (Wildman–Crippen LogP) is 1.83. The van der Waals surface area contributed by atoms with Gasteiger partial charge in [-0.25, -0.2) is 0 Å². The van der Waals surface area contributed by atoms with Gasteiger partial charge in [0.25, 0.3) is 5.91 Å². The number of carbonyl (C=O) groups is 2. The molecule has 0 spiro atoms. The van der Waals surface area contributed by atoms with Crippen LogP contribution >= 0.6 is 0 Å². The second-order valence-corrected chi connectivity index (χ2v) is 7.35. The Labute approximate surface area is 174 Å². The van der Waals surface area contributed by atoms with Crippen molar-refractivity contribution in [1.82, 2.24) is 24.4 Å². The van der Waals surface area contributed by atoms with Crippen LogP contribution in [0.15, 0.2) is 42.6 Å². The number of aromatic nitrogens is 3. The molecular weight excluding hydrogens is 384 g/mol. The first-order valence-electron chi connectivity index (χ1n) is 9.72. The number of carbonyl (C=O) groups excluding carboxylic acids is 2. The van der Waals surface area contributed by atoms with Gasteiger partial charge in [-0.05, 0) is 43.4 Å². The summed E-state index contributed by atoms with van der Waals surface area (Å²) in [5.41, 5.74) is 1.81. The monoisotopic (exact) mass is 408 g/mol. The number of pyridine rings is 1. The molecule has 9 nitrogen and oxygen atoms in total. The van der Waals surface area contributed by atoms with Crippen LogP contribution in [0.1, 0.15) is 29.1 Å². The number of methoxy groups -OCH3 is 1. The standard InChI is InChI=1S/C21H24N6O3/c1-14(28)26-11-10-25(2)18(13-26)20-24-23-19-9-4-15(12-27(19)20)21(29)22-16-5-7-17(30-3)8-6-16/h4-9,12,18H,10-11,13H2,1-3H3,(H,22,29). The number of hydrogen-bond acceptors (Lipinski definition) is 6. The Bertz CT molecular complexity index is 1080. The molecule has 9 heteroatoms. The van der Waals surface area contributed by atoms with Crippen molar-refractivity contribution in [2.24, 2.45) is 0 Å². The Morgan fingerprint density at radius 2 is 1.87 bits per heavy atom. The maximum Gasteiger partial charge on any atom is 0.257 e. The molecule has 1 N–H and O–H groups in total. The van der Waals surface area contributed by atoms with E-state index in [9.17, 15) is 9.59 Å². The third-order valence-electron chi connectivity index (χ3n) is 5.43. The maximum atomic E-state index is 12.8. The number of fused-ring (bicyclic) bond motifs is 1. The van der Waals surface area contributed by atoms with Gasteiger partial charge in [-0.15, -0.1) is 10.2 Å². The Morgan fingerprint density at radius 3 is 2.57 bits per heavy atom. The van der Waals surface area contributed by atoms with Gasteiger partial charge in [0.05, 0.1) is 18.7 Å². The van der Waals surface area contributed by atoms with Crippen molar-refractivity contribution < 1.29 is 14.3 Å². The minimum Gasteiger partial charge on any atom is -0.497 e. The number of nitrogens with one attached hydrogen (secondary N) is 1. The van der Waals surface area contributed by atoms with Gasteiger partial charge >= 0.3 is 0 Å². The summed E-state index contributed by atoms with van der Waals surface area (Å²) < 4.78 is 6.97. The van der Waals surface area contributed by atoms with Crippen LogP contribution in [0, 0.1) is 0 Å². The fraction of sp³-hybridized carbons (Fsp3) is 0.333. The molecule has 1 fully saturated rings. The summed E-state index contributed by atoms with van der Waals surface area (Å²) in [4.78, 5) is 28.6. The smallest absolute Gasteiger partial charge is 0.257 e. The van der Waals surface area contributed by atoms with Gasteiger partial charge in [-0.2, -0.15) is 0 Å². The van der Waals surface area contributed by atoms with Gasteiger partial charge in [0.1, 0.15) is 5.75 Å². The Morgan fingerprint density at radius 1 is 1.10 bits per heavy atom. The molecule has 1 aromatic carbocycles. The van der Waals surface area contributed by atoms with Crippen molar-refractivity contribution in [2.45, 2.75) is 13.0 Å². The van der Waals surface area contributed by atoms with Crippen LogP contribution in [-0.2, 0) is 4.79 Å². The molecule has 4 rings (SSSR count). The molecule has 1 unspecified atom stereocenters. The third kappa shape index (κ3) is 3.84. The first kappa shape index (κ1) is 19.8. The average molecular weight is 408 g/mol. The minimum absolute atomic E-state index is 0.0430. The Balaban J connectivity index is 1.60. The molecule has 1 atom stereocenters. The van der Waals surface area contributed by atoms with E-state index in [2.05, 4.69) is 20.4 Å². The van der Waals surface area contributed by atoms with Gasteiger partial charge in [0.2, 0.25) is 5.91 Å². The lowest BCUT2D eigenvalue weighted by atomic mass is 10.1. The van der Waals surface area contributed by atoms with Crippen LogP contribution in [0.25, 0.3) is 5.65 Å². The van der Waals surface area contributed by atoms with E-state index in [1.54, 1.807) is 56.6 Å². The topological polar surface area (TPSA) is 92.1 Å². The summed E-state index contributed by atoms with van der Waals surface area (Å²) in [6, 6.07) is 10.5. The number of nitrogens with zero attached hydrogens (tertiary/aromatic N) is 5. The number of amides is 2. The van der Waals surface area contributed by atoms with Gasteiger partial charge in [0, 0.05) is 38.4 Å². The predicted molar refractivity (Wildman–Crippen MR) is 112 cm³/mol. The fourth-order valence-electron chi connectivity index (χ4n) is 3.59. The highest BCUT2D eigenvalue weighted by Crippen LogP contribution is 2.24. The Kier molecular flexibility index (Phi) is 5.37. The summed E-state index contributed by atoms with van der Waals surface area (Å²) in [6.07, 6.45) is 1.74. The highest BCUT2D eigenvalue weighted by molar-refractivity contribution is 6.04. The van der Waals surface area contributed by atoms with Gasteiger partial charge < -0.3 is 15.0 Å². The van der Waals surface area contributed by atoms with Crippen molar-refractivity contribution in [2.75, 3.05) is 39.1 Å². The van der Waals surface area contributed by atoms with E-state index in [0.717, 1.165) is 12.3 Å². The molecule has 2 amide bonds. The van der Waals surface area contributed by atoms with E-state index in [0.29, 0.717) is 35.8 Å². The van der Waals surface area contributed by atoms with Crippen molar-refractivity contribution in [1.29, 1.82) is 0 Å². The van der Waals surface area contributed by atoms with E-state index in [1.807, 2.05) is 16.3 Å². The van der Waals surface area contributed by atoms with Crippen LogP contribution in [0.4, 0.5) is 5.69 Å². The van der Waals surface area contributed by atoms with E-state index >= 15 is 0 Å². The van der Waals surface area contributed by atoms with Crippen molar-refractivity contribution in [3.8, 4) is 5.75 Å². The molecule has 3 heterocycles. The van der Waals surface area contributed by atoms with Crippen LogP contribution in [-0.4, -0.2) is 70.0 Å². The van der Waals surface area contributed by atoms with Crippen LogP contribution < -0.4 is 10.1 Å². The van der Waals surface area contributed by atoms with Crippen LogP contribution in [0.5, 0.6) is 5.75 Å². The third-order valence-corrected chi connectivity index (χ3v) is 5.43. The van der Waals surface area contributed by atoms with E-state index in [-0.39, 0.29) is 17.9 Å². The first-order chi connectivity index (χ1) is 14.5. The van der Waals surface area contributed by atoms with Crippen LogP contribution in [0.2, 0.25) is 0 Å². The molecule has 1 aliphatic rings. The normalized spacial score (nSPS) is 17.2. The number of anilines is 1. The highest BCUT2D eigenvalue weighted by Gasteiger charge is 2.30. The van der Waals surface area contributed by atoms with Crippen LogP contribution in [0.3, 0.4) is 0 Å². The highest BCUT2D eigenvalue weighted by atomic mass is 16.5. The SMILES string of the molecule is COc1ccc(NC(=O)c2ccc3nnc(C4CN(C(C)=O)CCN4C)n3c2)cc1. The summed E-state index contributed by atoms with van der Waals surface area (Å²) in [5.74, 6) is 1.24. The Hall–Kier alpha value is -3.46. The number of hydrogen-bond donors (Lipinski definition) is 1. The lowest BCUT2D eigenvalue weighted by molar-refractivity contribution is -0.131. The molecule has 2 aromatic heterocycles. The van der Waals surface area contributed by atoms with E-state index < -0.39 is 0 Å². The van der Waals surface area contributed by atoms with E-state index in [1.165, 1.54) is 0 Å². The zero-order valence-corrected chi connectivity index (χ0v) is 17.2. The van der Waals surface area contributed by atoms with E-state index in [4.69, 9.17) is 4.74 Å². The molecule has 156 valence electrons. The average Bonchev–Trinajstić information content (AvgIpc) is 3.17. The van der Waals surface area contributed by atoms with Crippen molar-refractivity contribution in [3.63, 3.8) is 0 Å². The first-order valence-corrected chi connectivity index (χ1v) is 9.72. The molecule has 0 radical (unpaired) electrons.